The molecular formula is C15H21NO4. The molecule has 0 aliphatic carbocycles. The van der Waals surface area contributed by atoms with Crippen molar-refractivity contribution in [2.45, 2.75) is 19.8 Å². The van der Waals surface area contributed by atoms with E-state index in [2.05, 4.69) is 5.32 Å². The molecule has 0 saturated carbocycles. The molecule has 1 rings (SSSR count). The van der Waals surface area contributed by atoms with Gasteiger partial charge in [0.25, 0.3) is 0 Å². The predicted octanol–water partition coefficient (Wildman–Crippen LogP) is 0.0776. The highest BCUT2D eigenvalue weighted by atomic mass is 16.3. The molecule has 1 unspecified atom stereocenters. The number of Topliss-reactive ketones (excluding diaryl/α,β-unsaturated/α-hetero) is 1. The molecule has 0 radical (unpaired) electrons. The number of aliphatic hydroxyl groups excluding tert-OH is 2. The molecule has 110 valence electrons. The molecule has 1 amide bonds. The summed E-state index contributed by atoms with van der Waals surface area (Å²) >= 11 is 0. The van der Waals surface area contributed by atoms with Gasteiger partial charge in [0, 0.05) is 19.6 Å². The van der Waals surface area contributed by atoms with Gasteiger partial charge in [-0.1, -0.05) is 24.3 Å². The highest BCUT2D eigenvalue weighted by Crippen LogP contribution is 2.13. The van der Waals surface area contributed by atoms with E-state index in [1.165, 1.54) is 0 Å². The zero-order valence-electron chi connectivity index (χ0n) is 11.6. The summed E-state index contributed by atoms with van der Waals surface area (Å²) in [4.78, 5) is 23.7. The molecule has 1 atom stereocenters. The Labute approximate surface area is 118 Å². The minimum Gasteiger partial charge on any atom is -0.396 e. The maximum Gasteiger partial charge on any atom is 0.230 e. The van der Waals surface area contributed by atoms with Gasteiger partial charge in [-0.3, -0.25) is 9.59 Å². The fraction of sp³-hybridized carbons (Fsp3) is 0.467. The molecule has 20 heavy (non-hydrogen) atoms. The minimum absolute atomic E-state index is 0.0255. The number of carbonyl (C=O) groups is 2. The average molecular weight is 279 g/mol. The number of ketones is 1. The molecule has 0 saturated heterocycles. The lowest BCUT2D eigenvalue weighted by Crippen LogP contribution is -2.35. The largest absolute Gasteiger partial charge is 0.396 e. The molecule has 0 spiro atoms. The molecular weight excluding hydrogens is 258 g/mol. The van der Waals surface area contributed by atoms with Gasteiger partial charge in [-0.2, -0.15) is 0 Å². The second-order valence-electron chi connectivity index (χ2n) is 4.62. The fourth-order valence-electron chi connectivity index (χ4n) is 1.91. The summed E-state index contributed by atoms with van der Waals surface area (Å²) in [6, 6.07) is 7.40. The van der Waals surface area contributed by atoms with Crippen molar-refractivity contribution in [2.24, 2.45) is 5.92 Å². The number of nitrogens with one attached hydrogen (secondary N) is 1. The van der Waals surface area contributed by atoms with Crippen molar-refractivity contribution in [3.63, 3.8) is 0 Å². The summed E-state index contributed by atoms with van der Waals surface area (Å²) in [5.41, 5.74) is 1.76. The molecule has 1 aromatic carbocycles. The Morgan fingerprint density at radius 3 is 2.40 bits per heavy atom. The molecule has 3 N–H and O–H groups in total. The van der Waals surface area contributed by atoms with E-state index in [1.807, 2.05) is 24.3 Å². The quantitative estimate of drug-likeness (QED) is 0.588. The third-order valence-corrected chi connectivity index (χ3v) is 3.15. The lowest BCUT2D eigenvalue weighted by atomic mass is 9.94. The third kappa shape index (κ3) is 4.75. The zero-order valence-corrected chi connectivity index (χ0v) is 11.6. The van der Waals surface area contributed by atoms with E-state index in [9.17, 15) is 9.59 Å². The molecule has 0 bridgehead atoms. The van der Waals surface area contributed by atoms with Crippen LogP contribution in [-0.4, -0.2) is 41.7 Å². The first-order chi connectivity index (χ1) is 9.60. The maximum atomic E-state index is 12.1. The zero-order chi connectivity index (χ0) is 15.0. The van der Waals surface area contributed by atoms with E-state index in [4.69, 9.17) is 10.2 Å². The standard InChI is InChI=1S/C15H21NO4/c1-11(15(20)16-7-9-18)14(19)10-13-5-3-2-4-12(13)6-8-17/h2-5,11,17-18H,6-10H2,1H3,(H,16,20). The van der Waals surface area contributed by atoms with E-state index < -0.39 is 5.92 Å². The van der Waals surface area contributed by atoms with Crippen LogP contribution in [0.1, 0.15) is 18.1 Å². The van der Waals surface area contributed by atoms with Crippen molar-refractivity contribution in [1.29, 1.82) is 0 Å². The van der Waals surface area contributed by atoms with Crippen LogP contribution >= 0.6 is 0 Å². The first-order valence-corrected chi connectivity index (χ1v) is 6.69. The summed E-state index contributed by atoms with van der Waals surface area (Å²) < 4.78 is 0. The average Bonchev–Trinajstić information content (AvgIpc) is 2.46. The highest BCUT2D eigenvalue weighted by molar-refractivity contribution is 6.01. The second kappa shape index (κ2) is 8.45. The SMILES string of the molecule is CC(C(=O)Cc1ccccc1CCO)C(=O)NCCO. The molecule has 1 aromatic rings. The molecule has 5 heteroatoms. The van der Waals surface area contributed by atoms with E-state index in [0.717, 1.165) is 11.1 Å². The van der Waals surface area contributed by atoms with Crippen LogP contribution in [0.2, 0.25) is 0 Å². The van der Waals surface area contributed by atoms with Crippen LogP contribution in [0, 0.1) is 5.92 Å². The number of rotatable bonds is 8. The van der Waals surface area contributed by atoms with Crippen molar-refractivity contribution in [3.05, 3.63) is 35.4 Å². The first-order valence-electron chi connectivity index (χ1n) is 6.69. The van der Waals surface area contributed by atoms with Crippen molar-refractivity contribution >= 4 is 11.7 Å². The van der Waals surface area contributed by atoms with Crippen molar-refractivity contribution in [1.82, 2.24) is 5.32 Å². The number of hydrogen-bond acceptors (Lipinski definition) is 4. The van der Waals surface area contributed by atoms with Gasteiger partial charge in [0.1, 0.15) is 5.78 Å². The van der Waals surface area contributed by atoms with E-state index in [1.54, 1.807) is 6.92 Å². The van der Waals surface area contributed by atoms with Gasteiger partial charge in [-0.15, -0.1) is 0 Å². The van der Waals surface area contributed by atoms with Crippen molar-refractivity contribution in [3.8, 4) is 0 Å². The van der Waals surface area contributed by atoms with Crippen LogP contribution in [0.5, 0.6) is 0 Å². The van der Waals surface area contributed by atoms with Gasteiger partial charge in [-0.25, -0.2) is 0 Å². The van der Waals surface area contributed by atoms with Crippen LogP contribution in [0.4, 0.5) is 0 Å². The van der Waals surface area contributed by atoms with Crippen LogP contribution in [-0.2, 0) is 22.4 Å². The fourth-order valence-corrected chi connectivity index (χ4v) is 1.91. The Morgan fingerprint density at radius 2 is 1.80 bits per heavy atom. The number of benzene rings is 1. The van der Waals surface area contributed by atoms with Crippen LogP contribution in [0.25, 0.3) is 0 Å². The Morgan fingerprint density at radius 1 is 1.15 bits per heavy atom. The first kappa shape index (κ1) is 16.3. The highest BCUT2D eigenvalue weighted by Gasteiger charge is 2.21. The normalized spacial score (nSPS) is 11.9. The summed E-state index contributed by atoms with van der Waals surface area (Å²) in [7, 11) is 0. The number of hydrogen-bond donors (Lipinski definition) is 3. The monoisotopic (exact) mass is 279 g/mol. The van der Waals surface area contributed by atoms with Gasteiger partial charge in [0.05, 0.1) is 12.5 Å². The van der Waals surface area contributed by atoms with Crippen molar-refractivity contribution in [2.75, 3.05) is 19.8 Å². The second-order valence-corrected chi connectivity index (χ2v) is 4.62. The molecule has 5 nitrogen and oxygen atoms in total. The Hall–Kier alpha value is -1.72. The van der Waals surface area contributed by atoms with E-state index in [-0.39, 0.29) is 37.9 Å². The van der Waals surface area contributed by atoms with Crippen LogP contribution in [0.15, 0.2) is 24.3 Å². The summed E-state index contributed by atoms with van der Waals surface area (Å²) in [6.07, 6.45) is 0.665. The summed E-state index contributed by atoms with van der Waals surface area (Å²) in [6.45, 7) is 1.59. The van der Waals surface area contributed by atoms with E-state index in [0.29, 0.717) is 6.42 Å². The smallest absolute Gasteiger partial charge is 0.230 e. The molecule has 0 aromatic heterocycles. The molecule has 0 heterocycles. The Balaban J connectivity index is 2.68. The number of carbonyl (C=O) groups excluding carboxylic acids is 2. The van der Waals surface area contributed by atoms with E-state index >= 15 is 0 Å². The van der Waals surface area contributed by atoms with Gasteiger partial charge in [0.2, 0.25) is 5.91 Å². The van der Waals surface area contributed by atoms with Crippen molar-refractivity contribution < 1.29 is 19.8 Å². The van der Waals surface area contributed by atoms with Gasteiger partial charge in [-0.05, 0) is 24.5 Å². The van der Waals surface area contributed by atoms with Crippen LogP contribution in [0.3, 0.4) is 0 Å². The number of amides is 1. The van der Waals surface area contributed by atoms with Gasteiger partial charge in [0.15, 0.2) is 0 Å². The van der Waals surface area contributed by atoms with Crippen LogP contribution < -0.4 is 5.32 Å². The lowest BCUT2D eigenvalue weighted by molar-refractivity contribution is -0.133. The maximum absolute atomic E-state index is 12.1. The Bertz CT molecular complexity index is 459. The summed E-state index contributed by atoms with van der Waals surface area (Å²) in [5, 5.41) is 20.1. The molecule has 0 fully saturated rings. The predicted molar refractivity (Wildman–Crippen MR) is 75.2 cm³/mol. The molecule has 0 aliphatic heterocycles. The van der Waals surface area contributed by atoms with Gasteiger partial charge < -0.3 is 15.5 Å². The van der Waals surface area contributed by atoms with Gasteiger partial charge >= 0.3 is 0 Å². The lowest BCUT2D eigenvalue weighted by Gasteiger charge is -2.12. The molecule has 0 aliphatic rings. The minimum atomic E-state index is -0.747. The third-order valence-electron chi connectivity index (χ3n) is 3.15. The number of aliphatic hydroxyl groups is 2. The summed E-state index contributed by atoms with van der Waals surface area (Å²) in [5.74, 6) is -1.29. The Kier molecular flexibility index (Phi) is 6.90. The topological polar surface area (TPSA) is 86.6 Å².